The van der Waals surface area contributed by atoms with Crippen molar-refractivity contribution in [2.45, 2.75) is 4.90 Å². The smallest absolute Gasteiger partial charge is 0.243 e. The summed E-state index contributed by atoms with van der Waals surface area (Å²) in [6.45, 7) is -0.434. The molecule has 8 heteroatoms. The minimum atomic E-state index is -3.64. The summed E-state index contributed by atoms with van der Waals surface area (Å²) in [5, 5.41) is 8.57. The van der Waals surface area contributed by atoms with Crippen LogP contribution < -0.4 is 10.5 Å². The van der Waals surface area contributed by atoms with E-state index in [-0.39, 0.29) is 31.3 Å². The molecular weight excluding hydrogens is 296 g/mol. The van der Waals surface area contributed by atoms with Gasteiger partial charge in [-0.15, -0.1) is 0 Å². The predicted octanol–water partition coefficient (Wildman–Crippen LogP) is -1.19. The van der Waals surface area contributed by atoms with Crippen LogP contribution in [0.1, 0.15) is 5.56 Å². The summed E-state index contributed by atoms with van der Waals surface area (Å²) in [5.41, 5.74) is 5.48. The maximum absolute atomic E-state index is 11.9. The molecule has 0 atom stereocenters. The second-order valence-corrected chi connectivity index (χ2v) is 5.67. The monoisotopic (exact) mass is 312 g/mol. The van der Waals surface area contributed by atoms with Crippen LogP contribution in [0.3, 0.4) is 0 Å². The number of ether oxygens (including phenoxy) is 1. The van der Waals surface area contributed by atoms with Crippen LogP contribution in [-0.4, -0.2) is 45.8 Å². The first-order chi connectivity index (χ1) is 9.95. The molecule has 0 aliphatic carbocycles. The minimum absolute atomic E-state index is 0.0294. The molecule has 0 heterocycles. The Balaban J connectivity index is 2.56. The van der Waals surface area contributed by atoms with Gasteiger partial charge in [-0.2, -0.15) is 0 Å². The average molecular weight is 312 g/mol. The highest BCUT2D eigenvalue weighted by Gasteiger charge is 2.12. The molecule has 114 valence electrons. The average Bonchev–Trinajstić information content (AvgIpc) is 2.44. The largest absolute Gasteiger partial charge is 0.384 e. The van der Waals surface area contributed by atoms with E-state index >= 15 is 0 Å². The summed E-state index contributed by atoms with van der Waals surface area (Å²) in [5.74, 6) is 4.52. The van der Waals surface area contributed by atoms with Crippen LogP contribution in [0.4, 0.5) is 0 Å². The molecule has 0 aliphatic heterocycles. The maximum Gasteiger partial charge on any atom is 0.243 e. The quantitative estimate of drug-likeness (QED) is 0.432. The van der Waals surface area contributed by atoms with E-state index in [9.17, 15) is 13.2 Å². The fourth-order valence-corrected chi connectivity index (χ4v) is 2.38. The van der Waals surface area contributed by atoms with Crippen LogP contribution in [0.2, 0.25) is 0 Å². The molecule has 1 aromatic carbocycles. The molecule has 7 nitrogen and oxygen atoms in total. The number of hydrogen-bond donors (Lipinski definition) is 3. The van der Waals surface area contributed by atoms with E-state index in [0.717, 1.165) is 0 Å². The Kier molecular flexibility index (Phi) is 6.84. The van der Waals surface area contributed by atoms with Gasteiger partial charge < -0.3 is 15.6 Å². The summed E-state index contributed by atoms with van der Waals surface area (Å²) >= 11 is 0. The van der Waals surface area contributed by atoms with Crippen molar-refractivity contribution in [1.82, 2.24) is 4.72 Å². The Morgan fingerprint density at radius 1 is 1.33 bits per heavy atom. The van der Waals surface area contributed by atoms with Gasteiger partial charge in [0.2, 0.25) is 15.9 Å². The summed E-state index contributed by atoms with van der Waals surface area (Å²) in [7, 11) is -3.64. The van der Waals surface area contributed by atoms with Crippen LogP contribution >= 0.6 is 0 Å². The molecule has 1 amide bonds. The first kappa shape index (κ1) is 17.1. The number of aliphatic hydroxyl groups is 1. The van der Waals surface area contributed by atoms with Gasteiger partial charge in [0.05, 0.1) is 11.5 Å². The van der Waals surface area contributed by atoms with Gasteiger partial charge in [-0.05, 0) is 24.3 Å². The Labute approximate surface area is 123 Å². The van der Waals surface area contributed by atoms with Crippen molar-refractivity contribution < 1.29 is 23.1 Å². The lowest BCUT2D eigenvalue weighted by atomic mass is 10.2. The van der Waals surface area contributed by atoms with Gasteiger partial charge in [0, 0.05) is 12.1 Å². The van der Waals surface area contributed by atoms with Crippen molar-refractivity contribution in [1.29, 1.82) is 0 Å². The van der Waals surface area contributed by atoms with Crippen molar-refractivity contribution in [2.75, 3.05) is 26.4 Å². The summed E-state index contributed by atoms with van der Waals surface area (Å²) < 4.78 is 31.0. The zero-order chi connectivity index (χ0) is 15.7. The van der Waals surface area contributed by atoms with Gasteiger partial charge >= 0.3 is 0 Å². The van der Waals surface area contributed by atoms with Crippen LogP contribution in [0.15, 0.2) is 29.2 Å². The van der Waals surface area contributed by atoms with E-state index in [4.69, 9.17) is 15.6 Å². The van der Waals surface area contributed by atoms with Crippen molar-refractivity contribution >= 4 is 15.9 Å². The summed E-state index contributed by atoms with van der Waals surface area (Å²) in [6.07, 6.45) is 0. The molecule has 0 fully saturated rings. The molecule has 0 unspecified atom stereocenters. The number of hydrogen-bond acceptors (Lipinski definition) is 5. The molecular formula is C13H16N2O5S. The number of carbonyl (C=O) groups excluding carboxylic acids is 1. The van der Waals surface area contributed by atoms with Gasteiger partial charge in [-0.25, -0.2) is 13.1 Å². The topological polar surface area (TPSA) is 119 Å². The fraction of sp³-hybridized carbons (Fsp3) is 0.308. The highest BCUT2D eigenvalue weighted by atomic mass is 32.2. The molecule has 1 rings (SSSR count). The standard InChI is InChI=1S/C13H16N2O5S/c14-13(17)10-20-9-7-15-21(18,19)12-5-3-11(4-6-12)2-1-8-16/h3-6,15-16H,7-10H2,(H2,14,17). The number of carbonyl (C=O) groups is 1. The fourth-order valence-electron chi connectivity index (χ4n) is 1.36. The third-order valence-electron chi connectivity index (χ3n) is 2.26. The zero-order valence-electron chi connectivity index (χ0n) is 11.2. The highest BCUT2D eigenvalue weighted by Crippen LogP contribution is 2.09. The van der Waals surface area contributed by atoms with Crippen molar-refractivity contribution in [3.05, 3.63) is 29.8 Å². The SMILES string of the molecule is NC(=O)COCCNS(=O)(=O)c1ccc(C#CCO)cc1. The Morgan fingerprint density at radius 3 is 2.57 bits per heavy atom. The van der Waals surface area contributed by atoms with E-state index in [1.165, 1.54) is 12.1 Å². The Bertz CT molecular complexity index is 629. The number of nitrogens with one attached hydrogen (secondary N) is 1. The van der Waals surface area contributed by atoms with Crippen LogP contribution in [-0.2, 0) is 19.6 Å². The normalized spacial score (nSPS) is 10.7. The number of sulfonamides is 1. The molecule has 0 saturated heterocycles. The van der Waals surface area contributed by atoms with Crippen LogP contribution in [0, 0.1) is 11.8 Å². The van der Waals surface area contributed by atoms with E-state index < -0.39 is 15.9 Å². The first-order valence-electron chi connectivity index (χ1n) is 6.01. The van der Waals surface area contributed by atoms with E-state index in [1.54, 1.807) is 12.1 Å². The molecule has 4 N–H and O–H groups in total. The van der Waals surface area contributed by atoms with Gasteiger partial charge in [0.1, 0.15) is 13.2 Å². The molecule has 0 aliphatic rings. The lowest BCUT2D eigenvalue weighted by molar-refractivity contribution is -0.122. The highest BCUT2D eigenvalue weighted by molar-refractivity contribution is 7.89. The molecule has 0 radical (unpaired) electrons. The van der Waals surface area contributed by atoms with Crippen LogP contribution in [0.25, 0.3) is 0 Å². The molecule has 21 heavy (non-hydrogen) atoms. The summed E-state index contributed by atoms with van der Waals surface area (Å²) in [4.78, 5) is 10.5. The zero-order valence-corrected chi connectivity index (χ0v) is 12.0. The Hall–Kier alpha value is -1.92. The minimum Gasteiger partial charge on any atom is -0.384 e. The van der Waals surface area contributed by atoms with Gasteiger partial charge in [0.25, 0.3) is 0 Å². The molecule has 0 bridgehead atoms. The Morgan fingerprint density at radius 2 is 2.00 bits per heavy atom. The molecule has 1 aromatic rings. The second kappa shape index (κ2) is 8.39. The van der Waals surface area contributed by atoms with E-state index in [2.05, 4.69) is 16.6 Å². The van der Waals surface area contributed by atoms with Gasteiger partial charge in [-0.1, -0.05) is 11.8 Å². The van der Waals surface area contributed by atoms with E-state index in [1.807, 2.05) is 0 Å². The number of rotatable bonds is 7. The first-order valence-corrected chi connectivity index (χ1v) is 7.49. The number of aliphatic hydroxyl groups excluding tert-OH is 1. The van der Waals surface area contributed by atoms with Crippen molar-refractivity contribution in [3.8, 4) is 11.8 Å². The number of benzene rings is 1. The van der Waals surface area contributed by atoms with Gasteiger partial charge in [-0.3, -0.25) is 4.79 Å². The van der Waals surface area contributed by atoms with Crippen molar-refractivity contribution in [2.24, 2.45) is 5.73 Å². The van der Waals surface area contributed by atoms with E-state index in [0.29, 0.717) is 5.56 Å². The third-order valence-corrected chi connectivity index (χ3v) is 3.74. The second-order valence-electron chi connectivity index (χ2n) is 3.90. The molecule has 0 saturated carbocycles. The lowest BCUT2D eigenvalue weighted by Gasteiger charge is -2.07. The third kappa shape index (κ3) is 6.37. The number of nitrogens with two attached hydrogens (primary N) is 1. The van der Waals surface area contributed by atoms with Gasteiger partial charge in [0.15, 0.2) is 0 Å². The number of primary amides is 1. The molecule has 0 spiro atoms. The maximum atomic E-state index is 11.9. The lowest BCUT2D eigenvalue weighted by Crippen LogP contribution is -2.29. The predicted molar refractivity (Wildman–Crippen MR) is 75.6 cm³/mol. The van der Waals surface area contributed by atoms with Crippen LogP contribution in [0.5, 0.6) is 0 Å². The summed E-state index contributed by atoms with van der Waals surface area (Å²) in [6, 6.07) is 5.91. The number of amides is 1. The van der Waals surface area contributed by atoms with Crippen molar-refractivity contribution in [3.63, 3.8) is 0 Å². The molecule has 0 aromatic heterocycles.